The van der Waals surface area contributed by atoms with Crippen molar-refractivity contribution in [2.45, 2.75) is 16.7 Å². The molecular formula is C19H20N4OS2. The third-order valence-electron chi connectivity index (χ3n) is 4.15. The number of morpholine rings is 1. The second-order valence-electron chi connectivity index (χ2n) is 6.03. The molecule has 1 aliphatic rings. The predicted octanol–water partition coefficient (Wildman–Crippen LogP) is 4.08. The Morgan fingerprint density at radius 2 is 1.85 bits per heavy atom. The molecule has 0 unspecified atom stereocenters. The van der Waals surface area contributed by atoms with E-state index in [0.29, 0.717) is 5.13 Å². The monoisotopic (exact) mass is 384 g/mol. The lowest BCUT2D eigenvalue weighted by Crippen LogP contribution is -2.36. The number of nitrogen functional groups attached to an aromatic ring is 1. The molecular weight excluding hydrogens is 364 g/mol. The lowest BCUT2D eigenvalue weighted by molar-refractivity contribution is 0.122. The van der Waals surface area contributed by atoms with E-state index in [-0.39, 0.29) is 0 Å². The lowest BCUT2D eigenvalue weighted by Gasteiger charge is -2.28. The van der Waals surface area contributed by atoms with Crippen LogP contribution in [-0.4, -0.2) is 36.3 Å². The molecule has 7 heteroatoms. The first-order valence-electron chi connectivity index (χ1n) is 8.50. The smallest absolute Gasteiger partial charge is 0.180 e. The minimum atomic E-state index is 0.577. The van der Waals surface area contributed by atoms with Crippen molar-refractivity contribution >= 4 is 34.0 Å². The number of aromatic nitrogens is 2. The van der Waals surface area contributed by atoms with Crippen LogP contribution in [0.4, 0.5) is 10.9 Å². The fraction of sp³-hybridized carbons (Fsp3) is 0.263. The second kappa shape index (κ2) is 7.65. The maximum atomic E-state index is 5.91. The van der Waals surface area contributed by atoms with Crippen molar-refractivity contribution < 1.29 is 4.74 Å². The van der Waals surface area contributed by atoms with Gasteiger partial charge < -0.3 is 15.4 Å². The van der Waals surface area contributed by atoms with Crippen LogP contribution in [0.1, 0.15) is 5.69 Å². The van der Waals surface area contributed by atoms with Gasteiger partial charge in [0.15, 0.2) is 5.13 Å². The van der Waals surface area contributed by atoms with E-state index in [4.69, 9.17) is 15.5 Å². The summed E-state index contributed by atoms with van der Waals surface area (Å²) < 4.78 is 5.49. The molecule has 2 aromatic heterocycles. The van der Waals surface area contributed by atoms with E-state index in [9.17, 15) is 0 Å². The number of rotatable bonds is 4. The third kappa shape index (κ3) is 3.85. The molecule has 0 radical (unpaired) electrons. The van der Waals surface area contributed by atoms with Crippen LogP contribution < -0.4 is 10.6 Å². The first kappa shape index (κ1) is 17.3. The second-order valence-corrected chi connectivity index (χ2v) is 8.21. The van der Waals surface area contributed by atoms with Crippen molar-refractivity contribution in [3.8, 4) is 10.6 Å². The normalized spacial score (nSPS) is 14.6. The zero-order chi connectivity index (χ0) is 17.9. The summed E-state index contributed by atoms with van der Waals surface area (Å²) in [5.41, 5.74) is 7.76. The molecule has 134 valence electrons. The highest BCUT2D eigenvalue weighted by Crippen LogP contribution is 2.36. The maximum Gasteiger partial charge on any atom is 0.180 e. The summed E-state index contributed by atoms with van der Waals surface area (Å²) >= 11 is 3.23. The fourth-order valence-corrected chi connectivity index (χ4v) is 4.60. The van der Waals surface area contributed by atoms with Crippen LogP contribution >= 0.6 is 23.1 Å². The minimum absolute atomic E-state index is 0.577. The molecule has 0 amide bonds. The predicted molar refractivity (Wildman–Crippen MR) is 108 cm³/mol. The average Bonchev–Trinajstić information content (AvgIpc) is 3.01. The number of pyridine rings is 1. The largest absolute Gasteiger partial charge is 0.378 e. The van der Waals surface area contributed by atoms with E-state index in [1.807, 2.05) is 13.0 Å². The molecule has 0 spiro atoms. The minimum Gasteiger partial charge on any atom is -0.378 e. The Kier molecular flexibility index (Phi) is 5.10. The van der Waals surface area contributed by atoms with E-state index < -0.39 is 0 Å². The Morgan fingerprint density at radius 3 is 2.54 bits per heavy atom. The van der Waals surface area contributed by atoms with Gasteiger partial charge in [-0.3, -0.25) is 0 Å². The summed E-state index contributed by atoms with van der Waals surface area (Å²) in [6.07, 6.45) is 0. The molecule has 3 aromatic rings. The summed E-state index contributed by atoms with van der Waals surface area (Å²) in [6.45, 7) is 5.17. The van der Waals surface area contributed by atoms with Crippen LogP contribution in [0.25, 0.3) is 10.6 Å². The van der Waals surface area contributed by atoms with Gasteiger partial charge in [0.2, 0.25) is 0 Å². The van der Waals surface area contributed by atoms with E-state index in [1.165, 1.54) is 16.2 Å². The number of aryl methyl sites for hydroxylation is 1. The van der Waals surface area contributed by atoms with Crippen molar-refractivity contribution in [3.05, 3.63) is 48.2 Å². The molecule has 1 aromatic carbocycles. The Labute approximate surface area is 161 Å². The number of thiazole rings is 1. The molecule has 0 atom stereocenters. The van der Waals surface area contributed by atoms with Gasteiger partial charge in [0.1, 0.15) is 5.82 Å². The van der Waals surface area contributed by atoms with Gasteiger partial charge in [-0.2, -0.15) is 0 Å². The van der Waals surface area contributed by atoms with Gasteiger partial charge in [-0.1, -0.05) is 41.3 Å². The Bertz CT molecular complexity index is 892. The first-order valence-corrected chi connectivity index (χ1v) is 10.1. The highest BCUT2D eigenvalue weighted by molar-refractivity contribution is 7.99. The van der Waals surface area contributed by atoms with Crippen LogP contribution in [-0.2, 0) is 4.74 Å². The summed E-state index contributed by atoms with van der Waals surface area (Å²) in [4.78, 5) is 15.0. The SMILES string of the molecule is Cc1nc(N)sc1-c1cc(Sc2ccccc2)cc(N2CCOCC2)n1. The fourth-order valence-electron chi connectivity index (χ4n) is 2.90. The van der Waals surface area contributed by atoms with Gasteiger partial charge >= 0.3 is 0 Å². The van der Waals surface area contributed by atoms with Gasteiger partial charge in [-0.05, 0) is 31.2 Å². The summed E-state index contributed by atoms with van der Waals surface area (Å²) in [5.74, 6) is 0.982. The number of ether oxygens (including phenoxy) is 1. The van der Waals surface area contributed by atoms with Crippen molar-refractivity contribution in [1.82, 2.24) is 9.97 Å². The van der Waals surface area contributed by atoms with Crippen molar-refractivity contribution in [2.24, 2.45) is 0 Å². The van der Waals surface area contributed by atoms with Gasteiger partial charge in [0, 0.05) is 22.9 Å². The Balaban J connectivity index is 1.75. The number of anilines is 2. The Hall–Kier alpha value is -2.09. The van der Waals surface area contributed by atoms with Crippen LogP contribution in [0.15, 0.2) is 52.3 Å². The molecule has 1 saturated heterocycles. The average molecular weight is 385 g/mol. The van der Waals surface area contributed by atoms with Crippen LogP contribution in [0.5, 0.6) is 0 Å². The standard InChI is InChI=1S/C19H20N4OS2/c1-13-18(26-19(20)21-13)16-11-15(25-14-5-3-2-4-6-14)12-17(22-16)23-7-9-24-10-8-23/h2-6,11-12H,7-10H2,1H3,(H2,20,21). The molecule has 1 aliphatic heterocycles. The van der Waals surface area contributed by atoms with E-state index in [0.717, 1.165) is 53.3 Å². The highest BCUT2D eigenvalue weighted by atomic mass is 32.2. The molecule has 26 heavy (non-hydrogen) atoms. The summed E-state index contributed by atoms with van der Waals surface area (Å²) in [5, 5.41) is 0.577. The van der Waals surface area contributed by atoms with Crippen LogP contribution in [0, 0.1) is 6.92 Å². The maximum absolute atomic E-state index is 5.91. The molecule has 1 fully saturated rings. The lowest BCUT2D eigenvalue weighted by atomic mass is 10.2. The molecule has 5 nitrogen and oxygen atoms in total. The number of nitrogens with zero attached hydrogens (tertiary/aromatic N) is 3. The van der Waals surface area contributed by atoms with Crippen LogP contribution in [0.2, 0.25) is 0 Å². The molecule has 0 saturated carbocycles. The van der Waals surface area contributed by atoms with Gasteiger partial charge in [0.05, 0.1) is 29.5 Å². The van der Waals surface area contributed by atoms with E-state index in [2.05, 4.69) is 46.3 Å². The molecule has 0 aliphatic carbocycles. The highest BCUT2D eigenvalue weighted by Gasteiger charge is 2.17. The summed E-state index contributed by atoms with van der Waals surface area (Å²) in [7, 11) is 0. The van der Waals surface area contributed by atoms with Crippen molar-refractivity contribution in [1.29, 1.82) is 0 Å². The van der Waals surface area contributed by atoms with Gasteiger partial charge in [0.25, 0.3) is 0 Å². The number of nitrogens with two attached hydrogens (primary N) is 1. The molecule has 2 N–H and O–H groups in total. The topological polar surface area (TPSA) is 64.3 Å². The first-order chi connectivity index (χ1) is 12.7. The zero-order valence-electron chi connectivity index (χ0n) is 14.5. The van der Waals surface area contributed by atoms with Crippen molar-refractivity contribution in [3.63, 3.8) is 0 Å². The third-order valence-corrected chi connectivity index (χ3v) is 6.13. The van der Waals surface area contributed by atoms with E-state index >= 15 is 0 Å². The quantitative estimate of drug-likeness (QED) is 0.731. The van der Waals surface area contributed by atoms with Gasteiger partial charge in [-0.25, -0.2) is 9.97 Å². The molecule has 4 rings (SSSR count). The van der Waals surface area contributed by atoms with Gasteiger partial charge in [-0.15, -0.1) is 0 Å². The Morgan fingerprint density at radius 1 is 1.08 bits per heavy atom. The number of hydrogen-bond donors (Lipinski definition) is 1. The van der Waals surface area contributed by atoms with Crippen molar-refractivity contribution in [2.75, 3.05) is 36.9 Å². The summed E-state index contributed by atoms with van der Waals surface area (Å²) in [6, 6.07) is 14.7. The zero-order valence-corrected chi connectivity index (χ0v) is 16.1. The van der Waals surface area contributed by atoms with Crippen LogP contribution in [0.3, 0.4) is 0 Å². The molecule has 3 heterocycles. The number of hydrogen-bond acceptors (Lipinski definition) is 7. The molecule has 0 bridgehead atoms. The number of benzene rings is 1. The van der Waals surface area contributed by atoms with E-state index in [1.54, 1.807) is 11.8 Å².